The first-order chi connectivity index (χ1) is 22.4. The number of amides is 4. The molecule has 0 aromatic heterocycles. The van der Waals surface area contributed by atoms with Gasteiger partial charge >= 0.3 is 23.9 Å². The minimum atomic E-state index is -2.82. The van der Waals surface area contributed by atoms with Crippen LogP contribution in [-0.2, 0) is 47.9 Å². The first-order valence-corrected chi connectivity index (χ1v) is 15.3. The predicted octanol–water partition coefficient (Wildman–Crippen LogP) is -4.99. The molecule has 4 atom stereocenters. The molecule has 0 aromatic rings. The van der Waals surface area contributed by atoms with Gasteiger partial charge in [-0.2, -0.15) is 25.3 Å². The summed E-state index contributed by atoms with van der Waals surface area (Å²) < 4.78 is 0. The molecule has 0 bridgehead atoms. The first-order valence-electron chi connectivity index (χ1n) is 14.1. The Morgan fingerprint density at radius 3 is 1.18 bits per heavy atom. The monoisotopic (exact) mass is 740 g/mol. The van der Waals surface area contributed by atoms with E-state index in [1.165, 1.54) is 0 Å². The van der Waals surface area contributed by atoms with Crippen molar-refractivity contribution in [2.45, 2.75) is 74.2 Å². The van der Waals surface area contributed by atoms with Gasteiger partial charge in [0.25, 0.3) is 0 Å². The molecule has 21 nitrogen and oxygen atoms in total. The van der Waals surface area contributed by atoms with Gasteiger partial charge in [-0.25, -0.2) is 9.59 Å². The highest BCUT2D eigenvalue weighted by Crippen LogP contribution is 2.26. The highest BCUT2D eigenvalue weighted by atomic mass is 32.1. The van der Waals surface area contributed by atoms with E-state index in [0.29, 0.717) is 0 Å². The number of aliphatic carboxylic acids is 4. The SMILES string of the molecule is CC(O)(CC(=O)C(N)(CCC(=O)NC(CS)C(=O)NCC(=O)O)C(=O)O)CC(=O)C(N)(CCC(=O)NC(CS)C(=O)NCC(=O)O)C(=O)O. The van der Waals surface area contributed by atoms with Crippen molar-refractivity contribution in [1.82, 2.24) is 21.3 Å². The highest BCUT2D eigenvalue weighted by molar-refractivity contribution is 7.80. The van der Waals surface area contributed by atoms with Crippen LogP contribution in [0.4, 0.5) is 0 Å². The molecule has 0 saturated heterocycles. The van der Waals surface area contributed by atoms with Gasteiger partial charge in [-0.05, 0) is 19.8 Å². The van der Waals surface area contributed by atoms with Gasteiger partial charge in [0, 0.05) is 37.2 Å². The van der Waals surface area contributed by atoms with Crippen LogP contribution < -0.4 is 32.7 Å². The fourth-order valence-corrected chi connectivity index (χ4v) is 4.43. The minimum absolute atomic E-state index is 0.286. The van der Waals surface area contributed by atoms with Crippen molar-refractivity contribution >= 4 is 84.3 Å². The summed E-state index contributed by atoms with van der Waals surface area (Å²) in [6.07, 6.45) is -5.56. The number of nitrogens with two attached hydrogens (primary N) is 2. The van der Waals surface area contributed by atoms with Crippen LogP contribution in [0.3, 0.4) is 0 Å². The average Bonchev–Trinajstić information content (AvgIpc) is 3.00. The molecule has 4 unspecified atom stereocenters. The Kier molecular flexibility index (Phi) is 17.9. The lowest BCUT2D eigenvalue weighted by atomic mass is 9.78. The quantitative estimate of drug-likeness (QED) is 0.0325. The molecular weight excluding hydrogens is 700 g/mol. The number of hydrogen-bond acceptors (Lipinski definition) is 15. The second kappa shape index (κ2) is 19.6. The molecule has 49 heavy (non-hydrogen) atoms. The summed E-state index contributed by atoms with van der Waals surface area (Å²) in [6, 6.07) is -2.67. The minimum Gasteiger partial charge on any atom is -0.480 e. The van der Waals surface area contributed by atoms with Crippen LogP contribution in [0.5, 0.6) is 0 Å². The molecule has 0 radical (unpaired) electrons. The zero-order valence-corrected chi connectivity index (χ0v) is 27.9. The Labute approximate surface area is 289 Å². The van der Waals surface area contributed by atoms with Crippen LogP contribution in [0.25, 0.3) is 0 Å². The van der Waals surface area contributed by atoms with Crippen molar-refractivity contribution in [3.8, 4) is 0 Å². The predicted molar refractivity (Wildman–Crippen MR) is 170 cm³/mol. The summed E-state index contributed by atoms with van der Waals surface area (Å²) >= 11 is 7.76. The largest absolute Gasteiger partial charge is 0.480 e. The zero-order chi connectivity index (χ0) is 38.3. The molecule has 0 aliphatic carbocycles. The number of hydrogen-bond donors (Lipinski definition) is 13. The third kappa shape index (κ3) is 14.8. The zero-order valence-electron chi connectivity index (χ0n) is 26.1. The van der Waals surface area contributed by atoms with Gasteiger partial charge < -0.3 is 58.3 Å². The maximum Gasteiger partial charge on any atom is 0.331 e. The molecule has 0 rings (SSSR count). The number of carbonyl (C=O) groups is 10. The molecule has 0 fully saturated rings. The number of carboxylic acid groups (broad SMARTS) is 4. The number of ketones is 2. The maximum absolute atomic E-state index is 13.0. The summed E-state index contributed by atoms with van der Waals surface area (Å²) in [6.45, 7) is -0.641. The summed E-state index contributed by atoms with van der Waals surface area (Å²) in [5.74, 6) is -13.7. The van der Waals surface area contributed by atoms with E-state index in [2.05, 4.69) is 35.9 Å². The summed E-state index contributed by atoms with van der Waals surface area (Å²) in [5.41, 5.74) is 3.48. The highest BCUT2D eigenvalue weighted by Gasteiger charge is 2.48. The third-order valence-electron chi connectivity index (χ3n) is 6.83. The van der Waals surface area contributed by atoms with Crippen molar-refractivity contribution in [3.63, 3.8) is 0 Å². The van der Waals surface area contributed by atoms with E-state index < -0.39 is 139 Å². The molecule has 0 heterocycles. The number of aliphatic hydroxyl groups is 1. The Morgan fingerprint density at radius 2 is 0.939 bits per heavy atom. The number of carboxylic acids is 4. The lowest BCUT2D eigenvalue weighted by Crippen LogP contribution is -2.59. The molecule has 0 aliphatic heterocycles. The van der Waals surface area contributed by atoms with Crippen molar-refractivity contribution in [3.05, 3.63) is 0 Å². The molecule has 0 aromatic carbocycles. The normalized spacial score (nSPS) is 15.8. The van der Waals surface area contributed by atoms with E-state index in [0.717, 1.165) is 6.92 Å². The number of rotatable bonds is 24. The molecule has 13 N–H and O–H groups in total. The first kappa shape index (κ1) is 44.7. The van der Waals surface area contributed by atoms with E-state index in [9.17, 15) is 63.3 Å². The van der Waals surface area contributed by atoms with Crippen molar-refractivity contribution in [1.29, 1.82) is 0 Å². The molecule has 0 spiro atoms. The van der Waals surface area contributed by atoms with E-state index in [4.69, 9.17) is 21.7 Å². The smallest absolute Gasteiger partial charge is 0.331 e. The lowest BCUT2D eigenvalue weighted by molar-refractivity contribution is -0.151. The Hall–Kier alpha value is -4.32. The molecule has 0 aliphatic rings. The van der Waals surface area contributed by atoms with Crippen LogP contribution in [0.2, 0.25) is 0 Å². The van der Waals surface area contributed by atoms with Crippen molar-refractivity contribution < 1.29 is 73.5 Å². The Bertz CT molecular complexity index is 1230. The van der Waals surface area contributed by atoms with Crippen LogP contribution in [0.15, 0.2) is 0 Å². The second-order valence-corrected chi connectivity index (χ2v) is 11.8. The number of Topliss-reactive ketones (excluding diaryl/α,β-unsaturated/α-hetero) is 2. The Balaban J connectivity index is 5.55. The van der Waals surface area contributed by atoms with Gasteiger partial charge in [0.2, 0.25) is 23.6 Å². The lowest BCUT2D eigenvalue weighted by Gasteiger charge is -2.31. The van der Waals surface area contributed by atoms with Crippen LogP contribution >= 0.6 is 25.3 Å². The molecular formula is C26H40N6O15S2. The molecule has 0 saturated carbocycles. The molecule has 23 heteroatoms. The summed E-state index contributed by atoms with van der Waals surface area (Å²) in [4.78, 5) is 120. The topological polar surface area (TPSA) is 372 Å². The van der Waals surface area contributed by atoms with Crippen LogP contribution in [-0.4, -0.2) is 138 Å². The van der Waals surface area contributed by atoms with Gasteiger partial charge in [-0.1, -0.05) is 0 Å². The summed E-state index contributed by atoms with van der Waals surface area (Å²) in [5, 5.41) is 55.9. The third-order valence-corrected chi connectivity index (χ3v) is 7.56. The fraction of sp³-hybridized carbons (Fsp3) is 0.615. The number of carbonyl (C=O) groups excluding carboxylic acids is 6. The standard InChI is InChI=1S/C26H40N6O15S2/c1-24(47,6-14(33)25(27,22(43)44)4-2-16(35)31-12(10-48)20(41)29-8-18(37)38)7-15(34)26(28,23(45)46)5-3-17(36)32-13(11-49)21(42)30-9-19(39)40/h12-13,47-49H,2-11,27-28H2,1H3,(H,29,41)(H,30,42)(H,31,35)(H,32,36)(H,37,38)(H,39,40)(H,43,44)(H,45,46). The number of nitrogens with one attached hydrogen (secondary N) is 4. The van der Waals surface area contributed by atoms with E-state index in [1.54, 1.807) is 0 Å². The van der Waals surface area contributed by atoms with E-state index >= 15 is 0 Å². The molecule has 4 amide bonds. The Morgan fingerprint density at radius 1 is 0.633 bits per heavy atom. The maximum atomic E-state index is 13.0. The summed E-state index contributed by atoms with van der Waals surface area (Å²) in [7, 11) is 0. The van der Waals surface area contributed by atoms with Gasteiger partial charge in [0.1, 0.15) is 25.2 Å². The van der Waals surface area contributed by atoms with E-state index in [1.807, 2.05) is 10.6 Å². The van der Waals surface area contributed by atoms with Gasteiger partial charge in [0.05, 0.1) is 5.60 Å². The van der Waals surface area contributed by atoms with Crippen molar-refractivity contribution in [2.24, 2.45) is 11.5 Å². The van der Waals surface area contributed by atoms with E-state index in [-0.39, 0.29) is 11.5 Å². The van der Waals surface area contributed by atoms with Crippen LogP contribution in [0, 0.1) is 0 Å². The fourth-order valence-electron chi connectivity index (χ4n) is 3.92. The number of thiol groups is 2. The van der Waals surface area contributed by atoms with Crippen LogP contribution in [0.1, 0.15) is 45.4 Å². The molecule has 276 valence electrons. The van der Waals surface area contributed by atoms with Crippen molar-refractivity contribution in [2.75, 3.05) is 24.6 Å². The van der Waals surface area contributed by atoms with Gasteiger partial charge in [-0.15, -0.1) is 0 Å². The second-order valence-electron chi connectivity index (χ2n) is 11.1. The average molecular weight is 741 g/mol. The van der Waals surface area contributed by atoms with Gasteiger partial charge in [-0.3, -0.25) is 38.4 Å². The van der Waals surface area contributed by atoms with Gasteiger partial charge in [0.15, 0.2) is 22.6 Å².